The van der Waals surface area contributed by atoms with Crippen LogP contribution >= 0.6 is 11.6 Å². The number of hydrogen-bond donors (Lipinski definition) is 1. The number of nitrogens with one attached hydrogen (secondary N) is 1. The van der Waals surface area contributed by atoms with Gasteiger partial charge in [0, 0.05) is 31.0 Å². The normalized spacial score (nSPS) is 14.9. The fourth-order valence-electron chi connectivity index (χ4n) is 3.30. The van der Waals surface area contributed by atoms with E-state index in [0.29, 0.717) is 25.9 Å². The third kappa shape index (κ3) is 3.80. The van der Waals surface area contributed by atoms with Gasteiger partial charge in [-0.2, -0.15) is 0 Å². The Labute approximate surface area is 156 Å². The van der Waals surface area contributed by atoms with Gasteiger partial charge in [-0.15, -0.1) is 11.6 Å². The second-order valence-electron chi connectivity index (χ2n) is 6.17. The van der Waals surface area contributed by atoms with Crippen LogP contribution in [0.4, 0.5) is 5.69 Å². The first-order valence-corrected chi connectivity index (χ1v) is 9.05. The van der Waals surface area contributed by atoms with Crippen LogP contribution in [0.15, 0.2) is 53.5 Å². The molecule has 0 saturated carbocycles. The topological polar surface area (TPSA) is 73.5 Å². The van der Waals surface area contributed by atoms with Crippen molar-refractivity contribution in [2.45, 2.75) is 18.9 Å². The van der Waals surface area contributed by atoms with Gasteiger partial charge in [-0.1, -0.05) is 18.2 Å². The highest BCUT2D eigenvalue weighted by molar-refractivity contribution is 6.29. The average molecular weight is 374 g/mol. The summed E-state index contributed by atoms with van der Waals surface area (Å²) in [5.74, 6) is -0.518. The zero-order chi connectivity index (χ0) is 18.5. The molecule has 136 valence electrons. The number of halogens is 1. The number of hydrogen-bond acceptors (Lipinski definition) is 3. The lowest BCUT2D eigenvalue weighted by Crippen LogP contribution is -2.50. The van der Waals surface area contributed by atoms with Crippen LogP contribution in [0.1, 0.15) is 23.2 Å². The lowest BCUT2D eigenvalue weighted by molar-refractivity contribution is -0.116. The minimum absolute atomic E-state index is 0.0262. The largest absolute Gasteiger partial charge is 0.338 e. The van der Waals surface area contributed by atoms with E-state index in [4.69, 9.17) is 11.6 Å². The van der Waals surface area contributed by atoms with Gasteiger partial charge in [0.05, 0.1) is 0 Å². The third-order valence-electron chi connectivity index (χ3n) is 4.58. The predicted molar refractivity (Wildman–Crippen MR) is 101 cm³/mol. The van der Waals surface area contributed by atoms with Crippen LogP contribution in [0, 0.1) is 0 Å². The Hall–Kier alpha value is -2.60. The smallest absolute Gasteiger partial charge is 0.260 e. The predicted octanol–water partition coefficient (Wildman–Crippen LogP) is 2.25. The number of benzene rings is 1. The molecule has 1 fully saturated rings. The number of aromatic nitrogens is 1. The van der Waals surface area contributed by atoms with Gasteiger partial charge >= 0.3 is 0 Å². The van der Waals surface area contributed by atoms with Crippen LogP contribution in [-0.4, -0.2) is 46.7 Å². The Kier molecular flexibility index (Phi) is 5.73. The molecule has 2 heterocycles. The van der Waals surface area contributed by atoms with Gasteiger partial charge in [0.15, 0.2) is 0 Å². The molecule has 1 aliphatic heterocycles. The molecule has 0 spiro atoms. The van der Waals surface area contributed by atoms with Gasteiger partial charge < -0.3 is 14.8 Å². The van der Waals surface area contributed by atoms with Gasteiger partial charge in [0.1, 0.15) is 11.4 Å². The van der Waals surface area contributed by atoms with Crippen molar-refractivity contribution in [1.82, 2.24) is 9.88 Å². The van der Waals surface area contributed by atoms with Crippen molar-refractivity contribution in [3.8, 4) is 0 Å². The molecule has 0 aliphatic carbocycles. The van der Waals surface area contributed by atoms with Crippen molar-refractivity contribution in [3.63, 3.8) is 0 Å². The molecule has 1 N–H and O–H groups in total. The van der Waals surface area contributed by atoms with Gasteiger partial charge in [-0.05, 0) is 37.1 Å². The Morgan fingerprint density at radius 1 is 1.12 bits per heavy atom. The van der Waals surface area contributed by atoms with Gasteiger partial charge in [-0.3, -0.25) is 14.4 Å². The minimum atomic E-state index is -0.386. The maximum absolute atomic E-state index is 12.6. The third-order valence-corrected chi connectivity index (χ3v) is 4.81. The number of piperidine rings is 1. The van der Waals surface area contributed by atoms with E-state index in [2.05, 4.69) is 4.98 Å². The number of para-hydroxylation sites is 1. The average Bonchev–Trinajstić information content (AvgIpc) is 2.69. The van der Waals surface area contributed by atoms with Crippen molar-refractivity contribution < 1.29 is 9.59 Å². The summed E-state index contributed by atoms with van der Waals surface area (Å²) in [6.45, 7) is 0.966. The molecule has 1 aromatic carbocycles. The monoisotopic (exact) mass is 373 g/mol. The maximum atomic E-state index is 12.6. The summed E-state index contributed by atoms with van der Waals surface area (Å²) >= 11 is 5.80. The number of alkyl halides is 1. The van der Waals surface area contributed by atoms with E-state index in [9.17, 15) is 14.4 Å². The molecule has 7 heteroatoms. The minimum Gasteiger partial charge on any atom is -0.338 e. The highest BCUT2D eigenvalue weighted by Gasteiger charge is 2.31. The number of carbonyl (C=O) groups is 2. The van der Waals surface area contributed by atoms with E-state index in [1.54, 1.807) is 15.9 Å². The Morgan fingerprint density at radius 3 is 2.42 bits per heavy atom. The molecule has 1 aromatic heterocycles. The highest BCUT2D eigenvalue weighted by Crippen LogP contribution is 2.24. The summed E-state index contributed by atoms with van der Waals surface area (Å²) in [7, 11) is 0. The summed E-state index contributed by atoms with van der Waals surface area (Å²) in [6.07, 6.45) is 2.77. The number of anilines is 1. The number of likely N-dealkylation sites (tertiary alicyclic amines) is 1. The standard InChI is InChI=1S/C19H20ClN3O3/c20-13-17(24)23(14-5-2-1-3-6-14)15-8-11-22(12-9-15)19(26)16-7-4-10-21-18(16)25/h1-7,10,15H,8-9,11-13H2,(H,21,25). The SMILES string of the molecule is O=C(c1ccc[nH]c1=O)N1CCC(N(C(=O)CCl)c2ccccc2)CC1. The number of amides is 2. The fraction of sp³-hybridized carbons (Fsp3) is 0.316. The molecular weight excluding hydrogens is 354 g/mol. The van der Waals surface area contributed by atoms with Crippen LogP contribution in [0.5, 0.6) is 0 Å². The molecule has 0 atom stereocenters. The summed E-state index contributed by atoms with van der Waals surface area (Å²) < 4.78 is 0. The second kappa shape index (κ2) is 8.19. The van der Waals surface area contributed by atoms with Gasteiger partial charge in [-0.25, -0.2) is 0 Å². The van der Waals surface area contributed by atoms with E-state index in [-0.39, 0.29) is 34.9 Å². The number of nitrogens with zero attached hydrogens (tertiary/aromatic N) is 2. The van der Waals surface area contributed by atoms with E-state index < -0.39 is 0 Å². The molecule has 0 bridgehead atoms. The Balaban J connectivity index is 1.72. The van der Waals surface area contributed by atoms with E-state index in [1.165, 1.54) is 12.3 Å². The van der Waals surface area contributed by atoms with Crippen molar-refractivity contribution in [2.24, 2.45) is 0 Å². The maximum Gasteiger partial charge on any atom is 0.260 e. The van der Waals surface area contributed by atoms with Gasteiger partial charge in [0.2, 0.25) is 5.91 Å². The van der Waals surface area contributed by atoms with Crippen LogP contribution in [0.3, 0.4) is 0 Å². The molecule has 6 nitrogen and oxygen atoms in total. The number of aromatic amines is 1. The summed E-state index contributed by atoms with van der Waals surface area (Å²) in [5, 5.41) is 0. The summed E-state index contributed by atoms with van der Waals surface area (Å²) in [4.78, 5) is 42.6. The quantitative estimate of drug-likeness (QED) is 0.835. The van der Waals surface area contributed by atoms with Crippen LogP contribution in [0.25, 0.3) is 0 Å². The van der Waals surface area contributed by atoms with Crippen molar-refractivity contribution in [1.29, 1.82) is 0 Å². The van der Waals surface area contributed by atoms with Crippen molar-refractivity contribution in [2.75, 3.05) is 23.9 Å². The molecule has 0 unspecified atom stereocenters. The fourth-order valence-corrected chi connectivity index (χ4v) is 3.43. The number of rotatable bonds is 4. The van der Waals surface area contributed by atoms with Crippen LogP contribution in [-0.2, 0) is 4.79 Å². The summed E-state index contributed by atoms with van der Waals surface area (Å²) in [6, 6.07) is 12.6. The second-order valence-corrected chi connectivity index (χ2v) is 6.44. The first-order valence-electron chi connectivity index (χ1n) is 8.52. The summed E-state index contributed by atoms with van der Waals surface area (Å²) in [5.41, 5.74) is 0.563. The van der Waals surface area contributed by atoms with Crippen molar-refractivity contribution in [3.05, 3.63) is 64.6 Å². The molecule has 3 rings (SSSR count). The zero-order valence-corrected chi connectivity index (χ0v) is 15.0. The molecule has 2 aromatic rings. The van der Waals surface area contributed by atoms with E-state index in [1.807, 2.05) is 30.3 Å². The molecule has 2 amide bonds. The first-order chi connectivity index (χ1) is 12.6. The van der Waals surface area contributed by atoms with E-state index in [0.717, 1.165) is 5.69 Å². The number of pyridine rings is 1. The number of carbonyl (C=O) groups excluding carboxylic acids is 2. The Bertz CT molecular complexity index is 829. The first kappa shape index (κ1) is 18.2. The zero-order valence-electron chi connectivity index (χ0n) is 14.2. The molecule has 26 heavy (non-hydrogen) atoms. The lowest BCUT2D eigenvalue weighted by Gasteiger charge is -2.38. The molecule has 1 saturated heterocycles. The van der Waals surface area contributed by atoms with E-state index >= 15 is 0 Å². The van der Waals surface area contributed by atoms with Crippen LogP contribution < -0.4 is 10.5 Å². The molecular formula is C19H20ClN3O3. The molecule has 1 aliphatic rings. The highest BCUT2D eigenvalue weighted by atomic mass is 35.5. The van der Waals surface area contributed by atoms with Crippen molar-refractivity contribution >= 4 is 29.1 Å². The Morgan fingerprint density at radius 2 is 1.81 bits per heavy atom. The van der Waals surface area contributed by atoms with Crippen LogP contribution in [0.2, 0.25) is 0 Å². The molecule has 0 radical (unpaired) electrons. The number of H-pyrrole nitrogens is 1. The lowest BCUT2D eigenvalue weighted by atomic mass is 10.0. The van der Waals surface area contributed by atoms with Gasteiger partial charge in [0.25, 0.3) is 11.5 Å².